The van der Waals surface area contributed by atoms with Gasteiger partial charge in [0, 0.05) is 11.1 Å². The topological polar surface area (TPSA) is 57.5 Å². The molecule has 0 aliphatic rings. The minimum absolute atomic E-state index is 0.0350. The zero-order valence-electron chi connectivity index (χ0n) is 14.5. The molecule has 0 saturated heterocycles. The van der Waals surface area contributed by atoms with Crippen molar-refractivity contribution in [1.82, 2.24) is 0 Å². The number of phenolic OH excluding ortho intramolecular Hbond substituents is 2. The minimum atomic E-state index is -0.0350. The summed E-state index contributed by atoms with van der Waals surface area (Å²) in [6, 6.07) is 9.92. The van der Waals surface area contributed by atoms with Crippen molar-refractivity contribution in [2.24, 2.45) is 0 Å². The molecule has 0 amide bonds. The molecule has 0 atom stereocenters. The molecule has 0 fully saturated rings. The fraction of sp³-hybridized carbons (Fsp3) is 0.381. The quantitative estimate of drug-likeness (QED) is 0.670. The first-order valence-electron chi connectivity index (χ1n) is 8.75. The van der Waals surface area contributed by atoms with E-state index in [1.54, 1.807) is 36.4 Å². The highest BCUT2D eigenvalue weighted by Crippen LogP contribution is 2.25. The SMILES string of the molecule is CCCCc1cc(O)ccc1C(=O)c1ccc(O)cc1CCCC. The van der Waals surface area contributed by atoms with Crippen molar-refractivity contribution in [3.05, 3.63) is 58.7 Å². The van der Waals surface area contributed by atoms with Crippen molar-refractivity contribution in [3.8, 4) is 11.5 Å². The number of benzene rings is 2. The second-order valence-corrected chi connectivity index (χ2v) is 6.22. The molecule has 0 radical (unpaired) electrons. The number of phenols is 2. The van der Waals surface area contributed by atoms with E-state index in [4.69, 9.17) is 0 Å². The Bertz CT molecular complexity index is 645. The molecule has 3 heteroatoms. The van der Waals surface area contributed by atoms with E-state index in [2.05, 4.69) is 13.8 Å². The summed E-state index contributed by atoms with van der Waals surface area (Å²) in [7, 11) is 0. The summed E-state index contributed by atoms with van der Waals surface area (Å²) < 4.78 is 0. The van der Waals surface area contributed by atoms with Gasteiger partial charge in [-0.3, -0.25) is 4.79 Å². The fourth-order valence-corrected chi connectivity index (χ4v) is 2.90. The molecular weight excluding hydrogens is 300 g/mol. The van der Waals surface area contributed by atoms with Gasteiger partial charge in [-0.25, -0.2) is 0 Å². The van der Waals surface area contributed by atoms with Crippen molar-refractivity contribution in [2.75, 3.05) is 0 Å². The van der Waals surface area contributed by atoms with Crippen LogP contribution in [-0.4, -0.2) is 16.0 Å². The zero-order chi connectivity index (χ0) is 17.5. The normalized spacial score (nSPS) is 10.8. The highest BCUT2D eigenvalue weighted by atomic mass is 16.3. The summed E-state index contributed by atoms with van der Waals surface area (Å²) >= 11 is 0. The Kier molecular flexibility index (Phi) is 6.42. The van der Waals surface area contributed by atoms with Gasteiger partial charge in [0.1, 0.15) is 11.5 Å². The molecule has 0 aliphatic heterocycles. The van der Waals surface area contributed by atoms with Gasteiger partial charge in [0.05, 0.1) is 0 Å². The summed E-state index contributed by atoms with van der Waals surface area (Å²) in [5, 5.41) is 19.5. The summed E-state index contributed by atoms with van der Waals surface area (Å²) in [5.41, 5.74) is 3.06. The van der Waals surface area contributed by atoms with Crippen molar-refractivity contribution in [1.29, 1.82) is 0 Å². The van der Waals surface area contributed by atoms with Crippen LogP contribution in [0.1, 0.15) is 66.6 Å². The third-order valence-electron chi connectivity index (χ3n) is 4.27. The van der Waals surface area contributed by atoms with Crippen molar-refractivity contribution >= 4 is 5.78 Å². The molecule has 2 rings (SSSR count). The van der Waals surface area contributed by atoms with E-state index in [1.807, 2.05) is 0 Å². The van der Waals surface area contributed by atoms with E-state index in [0.29, 0.717) is 11.1 Å². The first-order valence-corrected chi connectivity index (χ1v) is 8.75. The number of ketones is 1. The van der Waals surface area contributed by atoms with E-state index in [1.165, 1.54) is 0 Å². The van der Waals surface area contributed by atoms with Gasteiger partial charge in [-0.1, -0.05) is 26.7 Å². The third-order valence-corrected chi connectivity index (χ3v) is 4.27. The number of carbonyl (C=O) groups is 1. The van der Waals surface area contributed by atoms with Crippen LogP contribution >= 0.6 is 0 Å². The predicted molar refractivity (Wildman–Crippen MR) is 96.9 cm³/mol. The lowest BCUT2D eigenvalue weighted by Gasteiger charge is -2.13. The van der Waals surface area contributed by atoms with Crippen molar-refractivity contribution in [3.63, 3.8) is 0 Å². The molecule has 128 valence electrons. The molecule has 0 aromatic heterocycles. The monoisotopic (exact) mass is 326 g/mol. The summed E-state index contributed by atoms with van der Waals surface area (Å²) in [6.07, 6.45) is 5.56. The Labute approximate surface area is 144 Å². The molecule has 2 aromatic carbocycles. The maximum absolute atomic E-state index is 13.1. The Morgan fingerprint density at radius 3 is 1.58 bits per heavy atom. The van der Waals surface area contributed by atoms with Crippen LogP contribution in [0, 0.1) is 0 Å². The van der Waals surface area contributed by atoms with Crippen molar-refractivity contribution in [2.45, 2.75) is 52.4 Å². The average Bonchev–Trinajstić information content (AvgIpc) is 2.57. The molecular formula is C21H26O3. The molecule has 0 saturated carbocycles. The van der Waals surface area contributed by atoms with E-state index in [9.17, 15) is 15.0 Å². The predicted octanol–water partition coefficient (Wildman–Crippen LogP) is 5.01. The number of aryl methyl sites for hydroxylation is 2. The van der Waals surface area contributed by atoms with Gasteiger partial charge in [-0.05, 0) is 73.2 Å². The van der Waals surface area contributed by atoms with Crippen LogP contribution in [-0.2, 0) is 12.8 Å². The molecule has 0 aliphatic carbocycles. The highest BCUT2D eigenvalue weighted by molar-refractivity contribution is 6.11. The molecule has 0 spiro atoms. The zero-order valence-corrected chi connectivity index (χ0v) is 14.5. The number of aromatic hydroxyl groups is 2. The summed E-state index contributed by atoms with van der Waals surface area (Å²) in [5.74, 6) is 0.344. The first kappa shape index (κ1) is 18.1. The maximum atomic E-state index is 13.1. The lowest BCUT2D eigenvalue weighted by atomic mass is 9.91. The second kappa shape index (κ2) is 8.53. The van der Waals surface area contributed by atoms with Crippen LogP contribution in [0.15, 0.2) is 36.4 Å². The van der Waals surface area contributed by atoms with Crippen LogP contribution in [0.2, 0.25) is 0 Å². The van der Waals surface area contributed by atoms with Crippen LogP contribution < -0.4 is 0 Å². The van der Waals surface area contributed by atoms with Crippen LogP contribution in [0.5, 0.6) is 11.5 Å². The maximum Gasteiger partial charge on any atom is 0.193 e. The molecule has 0 unspecified atom stereocenters. The molecule has 2 aromatic rings. The van der Waals surface area contributed by atoms with E-state index < -0.39 is 0 Å². The number of hydrogen-bond donors (Lipinski definition) is 2. The van der Waals surface area contributed by atoms with Gasteiger partial charge in [0.25, 0.3) is 0 Å². The highest BCUT2D eigenvalue weighted by Gasteiger charge is 2.17. The molecule has 0 heterocycles. The standard InChI is InChI=1S/C21H26O3/c1-3-5-7-15-13-17(22)9-11-19(15)21(24)20-12-10-18(23)14-16(20)8-6-4-2/h9-14,22-23H,3-8H2,1-2H3. The first-order chi connectivity index (χ1) is 11.6. The van der Waals surface area contributed by atoms with Gasteiger partial charge in [0.2, 0.25) is 0 Å². The smallest absolute Gasteiger partial charge is 0.193 e. The van der Waals surface area contributed by atoms with Crippen LogP contribution in [0.25, 0.3) is 0 Å². The number of rotatable bonds is 8. The number of unbranched alkanes of at least 4 members (excludes halogenated alkanes) is 2. The number of hydrogen-bond acceptors (Lipinski definition) is 3. The van der Waals surface area contributed by atoms with Gasteiger partial charge >= 0.3 is 0 Å². The Morgan fingerprint density at radius 1 is 0.792 bits per heavy atom. The van der Waals surface area contributed by atoms with Gasteiger partial charge in [-0.15, -0.1) is 0 Å². The largest absolute Gasteiger partial charge is 0.508 e. The Morgan fingerprint density at radius 2 is 1.21 bits per heavy atom. The van der Waals surface area contributed by atoms with Crippen LogP contribution in [0.3, 0.4) is 0 Å². The van der Waals surface area contributed by atoms with Gasteiger partial charge < -0.3 is 10.2 Å². The van der Waals surface area contributed by atoms with Gasteiger partial charge in [-0.2, -0.15) is 0 Å². The van der Waals surface area contributed by atoms with E-state index in [0.717, 1.165) is 49.7 Å². The minimum Gasteiger partial charge on any atom is -0.508 e. The molecule has 24 heavy (non-hydrogen) atoms. The fourth-order valence-electron chi connectivity index (χ4n) is 2.90. The third kappa shape index (κ3) is 4.38. The lowest BCUT2D eigenvalue weighted by molar-refractivity contribution is 0.103. The van der Waals surface area contributed by atoms with Gasteiger partial charge in [0.15, 0.2) is 5.78 Å². The van der Waals surface area contributed by atoms with Crippen LogP contribution in [0.4, 0.5) is 0 Å². The number of carbonyl (C=O) groups excluding carboxylic acids is 1. The molecule has 0 bridgehead atoms. The van der Waals surface area contributed by atoms with E-state index in [-0.39, 0.29) is 17.3 Å². The summed E-state index contributed by atoms with van der Waals surface area (Å²) in [4.78, 5) is 13.1. The summed E-state index contributed by atoms with van der Waals surface area (Å²) in [6.45, 7) is 4.21. The second-order valence-electron chi connectivity index (χ2n) is 6.22. The lowest BCUT2D eigenvalue weighted by Crippen LogP contribution is -2.09. The Balaban J connectivity index is 2.41. The molecule has 2 N–H and O–H groups in total. The Hall–Kier alpha value is -2.29. The van der Waals surface area contributed by atoms with Crippen molar-refractivity contribution < 1.29 is 15.0 Å². The molecule has 3 nitrogen and oxygen atoms in total. The average molecular weight is 326 g/mol. The van der Waals surface area contributed by atoms with E-state index >= 15 is 0 Å².